The second-order valence-electron chi connectivity index (χ2n) is 4.83. The van der Waals surface area contributed by atoms with E-state index in [0.29, 0.717) is 17.8 Å². The lowest BCUT2D eigenvalue weighted by Gasteiger charge is -2.25. The fraction of sp³-hybridized carbons (Fsp3) is 0.429. The second kappa shape index (κ2) is 6.33. The van der Waals surface area contributed by atoms with E-state index in [4.69, 9.17) is 5.73 Å². The number of nitrogens with two attached hydrogens (primary N) is 1. The monoisotopic (exact) mass is 261 g/mol. The SMILES string of the molecule is NC(=O)c1cccc(NC(=O)CN2CCCCC2)c1. The molecule has 3 N–H and O–H groups in total. The third-order valence-electron chi connectivity index (χ3n) is 3.25. The van der Waals surface area contributed by atoms with Crippen molar-refractivity contribution >= 4 is 17.5 Å². The van der Waals surface area contributed by atoms with Gasteiger partial charge in [-0.3, -0.25) is 14.5 Å². The lowest BCUT2D eigenvalue weighted by atomic mass is 10.1. The highest BCUT2D eigenvalue weighted by atomic mass is 16.2. The summed E-state index contributed by atoms with van der Waals surface area (Å²) in [6.45, 7) is 2.37. The molecule has 5 nitrogen and oxygen atoms in total. The van der Waals surface area contributed by atoms with Gasteiger partial charge in [-0.2, -0.15) is 0 Å². The van der Waals surface area contributed by atoms with Gasteiger partial charge in [0.15, 0.2) is 0 Å². The molecule has 102 valence electrons. The van der Waals surface area contributed by atoms with Gasteiger partial charge in [0, 0.05) is 11.3 Å². The quantitative estimate of drug-likeness (QED) is 0.855. The van der Waals surface area contributed by atoms with E-state index < -0.39 is 5.91 Å². The smallest absolute Gasteiger partial charge is 0.248 e. The number of nitrogens with one attached hydrogen (secondary N) is 1. The number of carbonyl (C=O) groups excluding carboxylic acids is 2. The third-order valence-corrected chi connectivity index (χ3v) is 3.25. The molecule has 1 fully saturated rings. The normalized spacial score (nSPS) is 16.0. The minimum Gasteiger partial charge on any atom is -0.366 e. The molecule has 0 unspecified atom stereocenters. The summed E-state index contributed by atoms with van der Waals surface area (Å²) in [5, 5.41) is 2.80. The average Bonchev–Trinajstić information content (AvgIpc) is 2.40. The maximum Gasteiger partial charge on any atom is 0.248 e. The van der Waals surface area contributed by atoms with E-state index in [1.165, 1.54) is 6.42 Å². The zero-order valence-electron chi connectivity index (χ0n) is 10.9. The van der Waals surface area contributed by atoms with Crippen molar-refractivity contribution in [2.75, 3.05) is 25.0 Å². The first-order chi connectivity index (χ1) is 9.15. The average molecular weight is 261 g/mol. The lowest BCUT2D eigenvalue weighted by Crippen LogP contribution is -2.36. The molecule has 19 heavy (non-hydrogen) atoms. The molecular weight excluding hydrogens is 242 g/mol. The predicted octanol–water partition coefficient (Wildman–Crippen LogP) is 1.21. The number of anilines is 1. The van der Waals surface area contributed by atoms with E-state index in [1.54, 1.807) is 24.3 Å². The van der Waals surface area contributed by atoms with Gasteiger partial charge in [-0.15, -0.1) is 0 Å². The molecule has 0 radical (unpaired) electrons. The first-order valence-corrected chi connectivity index (χ1v) is 6.57. The maximum absolute atomic E-state index is 11.9. The highest BCUT2D eigenvalue weighted by molar-refractivity contribution is 5.96. The van der Waals surface area contributed by atoms with E-state index in [2.05, 4.69) is 10.2 Å². The van der Waals surface area contributed by atoms with Crippen LogP contribution in [0.1, 0.15) is 29.6 Å². The highest BCUT2D eigenvalue weighted by Crippen LogP contribution is 2.11. The number of amides is 2. The molecule has 2 amide bonds. The molecule has 1 aliphatic rings. The number of piperidine rings is 1. The summed E-state index contributed by atoms with van der Waals surface area (Å²) >= 11 is 0. The minimum atomic E-state index is -0.493. The Morgan fingerprint density at radius 1 is 1.21 bits per heavy atom. The van der Waals surface area contributed by atoms with Gasteiger partial charge in [-0.05, 0) is 44.1 Å². The third kappa shape index (κ3) is 4.06. The van der Waals surface area contributed by atoms with Gasteiger partial charge in [-0.25, -0.2) is 0 Å². The van der Waals surface area contributed by atoms with Gasteiger partial charge in [0.05, 0.1) is 6.54 Å². The number of hydrogen-bond donors (Lipinski definition) is 2. The van der Waals surface area contributed by atoms with Crippen LogP contribution in [0.2, 0.25) is 0 Å². The second-order valence-corrected chi connectivity index (χ2v) is 4.83. The summed E-state index contributed by atoms with van der Waals surface area (Å²) in [5.74, 6) is -0.546. The summed E-state index contributed by atoms with van der Waals surface area (Å²) in [5.41, 5.74) is 6.21. The molecule has 2 rings (SSSR count). The highest BCUT2D eigenvalue weighted by Gasteiger charge is 2.14. The molecule has 1 heterocycles. The topological polar surface area (TPSA) is 75.4 Å². The Kier molecular flexibility index (Phi) is 4.52. The van der Waals surface area contributed by atoms with Crippen molar-refractivity contribution in [3.63, 3.8) is 0 Å². The summed E-state index contributed by atoms with van der Waals surface area (Å²) in [4.78, 5) is 25.1. The Balaban J connectivity index is 1.90. The summed E-state index contributed by atoms with van der Waals surface area (Å²) < 4.78 is 0. The number of hydrogen-bond acceptors (Lipinski definition) is 3. The van der Waals surface area contributed by atoms with Crippen LogP contribution in [-0.4, -0.2) is 36.3 Å². The van der Waals surface area contributed by atoms with Gasteiger partial charge >= 0.3 is 0 Å². The molecule has 0 bridgehead atoms. The van der Waals surface area contributed by atoms with Crippen LogP contribution in [0.5, 0.6) is 0 Å². The van der Waals surface area contributed by atoms with Gasteiger partial charge in [-0.1, -0.05) is 12.5 Å². The molecule has 1 aromatic carbocycles. The van der Waals surface area contributed by atoms with E-state index >= 15 is 0 Å². The number of benzene rings is 1. The minimum absolute atomic E-state index is 0.0523. The molecule has 5 heteroatoms. The zero-order chi connectivity index (χ0) is 13.7. The van der Waals surface area contributed by atoms with Crippen molar-refractivity contribution in [2.24, 2.45) is 5.73 Å². The molecule has 1 aliphatic heterocycles. The van der Waals surface area contributed by atoms with E-state index in [-0.39, 0.29) is 5.91 Å². The Morgan fingerprint density at radius 3 is 2.63 bits per heavy atom. The molecule has 0 spiro atoms. The van der Waals surface area contributed by atoms with E-state index in [9.17, 15) is 9.59 Å². The maximum atomic E-state index is 11.9. The van der Waals surface area contributed by atoms with Crippen LogP contribution in [0, 0.1) is 0 Å². The van der Waals surface area contributed by atoms with Gasteiger partial charge < -0.3 is 11.1 Å². The fourth-order valence-electron chi connectivity index (χ4n) is 2.27. The standard InChI is InChI=1S/C14H19N3O2/c15-14(19)11-5-4-6-12(9-11)16-13(18)10-17-7-2-1-3-8-17/h4-6,9H,1-3,7-8,10H2,(H2,15,19)(H,16,18). The summed E-state index contributed by atoms with van der Waals surface area (Å²) in [7, 11) is 0. The Bertz CT molecular complexity index is 468. The summed E-state index contributed by atoms with van der Waals surface area (Å²) in [6.07, 6.45) is 3.56. The van der Waals surface area contributed by atoms with Crippen LogP contribution in [0.25, 0.3) is 0 Å². The number of carbonyl (C=O) groups is 2. The molecule has 0 aliphatic carbocycles. The predicted molar refractivity (Wildman–Crippen MR) is 73.9 cm³/mol. The van der Waals surface area contributed by atoms with Crippen LogP contribution in [-0.2, 0) is 4.79 Å². The van der Waals surface area contributed by atoms with Crippen LogP contribution in [0.15, 0.2) is 24.3 Å². The van der Waals surface area contributed by atoms with Crippen molar-refractivity contribution in [1.29, 1.82) is 0 Å². The van der Waals surface area contributed by atoms with Crippen molar-refractivity contribution < 1.29 is 9.59 Å². The van der Waals surface area contributed by atoms with E-state index in [1.807, 2.05) is 0 Å². The Labute approximate surface area is 112 Å². The molecule has 0 atom stereocenters. The largest absolute Gasteiger partial charge is 0.366 e. The fourth-order valence-corrected chi connectivity index (χ4v) is 2.27. The number of primary amides is 1. The van der Waals surface area contributed by atoms with Crippen LogP contribution < -0.4 is 11.1 Å². The molecular formula is C14H19N3O2. The van der Waals surface area contributed by atoms with Crippen LogP contribution in [0.3, 0.4) is 0 Å². The molecule has 1 aromatic rings. The molecule has 1 saturated heterocycles. The lowest BCUT2D eigenvalue weighted by molar-refractivity contribution is -0.117. The van der Waals surface area contributed by atoms with Crippen molar-refractivity contribution in [3.8, 4) is 0 Å². The number of rotatable bonds is 4. The first-order valence-electron chi connectivity index (χ1n) is 6.57. The van der Waals surface area contributed by atoms with Gasteiger partial charge in [0.25, 0.3) is 0 Å². The van der Waals surface area contributed by atoms with Crippen molar-refractivity contribution in [3.05, 3.63) is 29.8 Å². The van der Waals surface area contributed by atoms with Gasteiger partial charge in [0.2, 0.25) is 11.8 Å². The van der Waals surface area contributed by atoms with Crippen LogP contribution >= 0.6 is 0 Å². The number of nitrogens with zero attached hydrogens (tertiary/aromatic N) is 1. The van der Waals surface area contributed by atoms with E-state index in [0.717, 1.165) is 25.9 Å². The summed E-state index contributed by atoms with van der Waals surface area (Å²) in [6, 6.07) is 6.68. The van der Waals surface area contributed by atoms with Crippen molar-refractivity contribution in [1.82, 2.24) is 4.90 Å². The first kappa shape index (κ1) is 13.5. The van der Waals surface area contributed by atoms with Crippen LogP contribution in [0.4, 0.5) is 5.69 Å². The Hall–Kier alpha value is -1.88. The number of likely N-dealkylation sites (tertiary alicyclic amines) is 1. The Morgan fingerprint density at radius 2 is 1.95 bits per heavy atom. The van der Waals surface area contributed by atoms with Gasteiger partial charge in [0.1, 0.15) is 0 Å². The zero-order valence-corrected chi connectivity index (χ0v) is 10.9. The van der Waals surface area contributed by atoms with Crippen molar-refractivity contribution in [2.45, 2.75) is 19.3 Å². The molecule has 0 saturated carbocycles. The molecule has 0 aromatic heterocycles.